The number of methoxy groups -OCH3 is 1. The maximum Gasteiger partial charge on any atom is 0.320 e. The fourth-order valence-corrected chi connectivity index (χ4v) is 6.76. The number of hydrogen-bond donors (Lipinski definition) is 2. The molecule has 2 bridgehead atoms. The minimum Gasteiger partial charge on any atom is -0.393 e. The highest BCUT2D eigenvalue weighted by Crippen LogP contribution is 2.42. The summed E-state index contributed by atoms with van der Waals surface area (Å²) in [5, 5.41) is 18.4. The van der Waals surface area contributed by atoms with Crippen molar-refractivity contribution in [2.24, 2.45) is 0 Å². The van der Waals surface area contributed by atoms with E-state index < -0.39 is 0 Å². The lowest BCUT2D eigenvalue weighted by atomic mass is 9.85. The summed E-state index contributed by atoms with van der Waals surface area (Å²) in [6.07, 6.45) is 10.5. The van der Waals surface area contributed by atoms with Crippen LogP contribution in [0, 0.1) is 0 Å². The van der Waals surface area contributed by atoms with E-state index in [0.29, 0.717) is 44.8 Å². The summed E-state index contributed by atoms with van der Waals surface area (Å²) in [6, 6.07) is 2.89. The number of rotatable bonds is 6. The number of carbonyl (C=O) groups excluding carboxylic acids is 1. The number of carbonyl (C=O) groups is 1. The Morgan fingerprint density at radius 3 is 2.74 bits per heavy atom. The van der Waals surface area contributed by atoms with Crippen molar-refractivity contribution < 1.29 is 19.4 Å². The first-order chi connectivity index (χ1) is 18.5. The van der Waals surface area contributed by atoms with Gasteiger partial charge in [0.05, 0.1) is 43.7 Å². The predicted molar refractivity (Wildman–Crippen MR) is 144 cm³/mol. The van der Waals surface area contributed by atoms with E-state index in [9.17, 15) is 9.90 Å². The molecule has 10 nitrogen and oxygen atoms in total. The van der Waals surface area contributed by atoms with Gasteiger partial charge in [-0.25, -0.2) is 14.3 Å². The summed E-state index contributed by atoms with van der Waals surface area (Å²) in [5.74, 6) is 0.931. The summed E-state index contributed by atoms with van der Waals surface area (Å²) in [5.41, 5.74) is 4.67. The van der Waals surface area contributed by atoms with Gasteiger partial charge < -0.3 is 29.7 Å². The van der Waals surface area contributed by atoms with Gasteiger partial charge in [-0.15, -0.1) is 5.10 Å². The van der Waals surface area contributed by atoms with Crippen molar-refractivity contribution >= 4 is 23.1 Å². The predicted octanol–water partition coefficient (Wildman–Crippen LogP) is 3.27. The lowest BCUT2D eigenvalue weighted by Gasteiger charge is -2.39. The molecule has 3 aliphatic heterocycles. The standard InChI is InChI=1S/C28H40N6O4/c1-18(17-37-2)30-27-29-16-26-24(15-25(34(26)31-27)19-3-7-23(35)8-4-19)20-13-21-5-6-22(14-20)33(21)28(36)32-9-11-38-12-10-32/h13,15-16,18-19,21-23,35H,3-12,14,17H2,1-2H3,(H,30,31)/t18-,19-,21-,22+,23-/m0/s1. The summed E-state index contributed by atoms with van der Waals surface area (Å²) in [6.45, 7) is 5.20. The number of nitrogens with one attached hydrogen (secondary N) is 1. The molecule has 10 heteroatoms. The minimum atomic E-state index is -0.203. The van der Waals surface area contributed by atoms with E-state index in [1.54, 1.807) is 7.11 Å². The number of aliphatic hydroxyl groups is 1. The van der Waals surface area contributed by atoms with Crippen LogP contribution in [-0.4, -0.2) is 99.8 Å². The van der Waals surface area contributed by atoms with Gasteiger partial charge in [0.25, 0.3) is 0 Å². The second-order valence-electron chi connectivity index (χ2n) is 11.4. The van der Waals surface area contributed by atoms with E-state index in [0.717, 1.165) is 50.5 Å². The van der Waals surface area contributed by atoms with Gasteiger partial charge in [0.1, 0.15) is 0 Å². The second-order valence-corrected chi connectivity index (χ2v) is 11.4. The number of nitrogens with zero attached hydrogens (tertiary/aromatic N) is 5. The molecule has 6 rings (SSSR count). The van der Waals surface area contributed by atoms with Gasteiger partial charge in [0.15, 0.2) is 0 Å². The first kappa shape index (κ1) is 25.6. The highest BCUT2D eigenvalue weighted by Gasteiger charge is 2.42. The molecule has 5 heterocycles. The largest absolute Gasteiger partial charge is 0.393 e. The molecule has 2 amide bonds. The summed E-state index contributed by atoms with van der Waals surface area (Å²) in [4.78, 5) is 22.1. The molecule has 2 saturated heterocycles. The van der Waals surface area contributed by atoms with Crippen LogP contribution in [0.2, 0.25) is 0 Å². The van der Waals surface area contributed by atoms with Crippen LogP contribution >= 0.6 is 0 Å². The van der Waals surface area contributed by atoms with E-state index >= 15 is 0 Å². The Morgan fingerprint density at radius 1 is 1.21 bits per heavy atom. The van der Waals surface area contributed by atoms with Crippen LogP contribution in [0.5, 0.6) is 0 Å². The first-order valence-corrected chi connectivity index (χ1v) is 14.2. The fourth-order valence-electron chi connectivity index (χ4n) is 6.76. The van der Waals surface area contributed by atoms with Gasteiger partial charge in [0, 0.05) is 49.5 Å². The average molecular weight is 525 g/mol. The maximum atomic E-state index is 13.4. The molecule has 2 aromatic heterocycles. The second kappa shape index (κ2) is 10.8. The highest BCUT2D eigenvalue weighted by molar-refractivity contribution is 5.83. The van der Waals surface area contributed by atoms with Gasteiger partial charge in [-0.1, -0.05) is 6.08 Å². The third kappa shape index (κ3) is 4.89. The number of amides is 2. The Balaban J connectivity index is 1.32. The zero-order valence-corrected chi connectivity index (χ0v) is 22.5. The van der Waals surface area contributed by atoms with Crippen molar-refractivity contribution in [3.8, 4) is 0 Å². The van der Waals surface area contributed by atoms with E-state index in [1.165, 1.54) is 16.8 Å². The third-order valence-corrected chi connectivity index (χ3v) is 8.70. The molecule has 3 fully saturated rings. The average Bonchev–Trinajstić information content (AvgIpc) is 3.43. The zero-order chi connectivity index (χ0) is 26.2. The Kier molecular flexibility index (Phi) is 7.29. The Hall–Kier alpha value is -2.69. The molecule has 0 spiro atoms. The number of ether oxygens (including phenoxy) is 2. The minimum absolute atomic E-state index is 0.0902. The van der Waals surface area contributed by atoms with Crippen LogP contribution < -0.4 is 5.32 Å². The zero-order valence-electron chi connectivity index (χ0n) is 22.5. The van der Waals surface area contributed by atoms with Gasteiger partial charge in [-0.3, -0.25) is 0 Å². The van der Waals surface area contributed by atoms with Crippen LogP contribution in [0.1, 0.15) is 69.0 Å². The van der Waals surface area contributed by atoms with Crippen molar-refractivity contribution in [2.45, 2.75) is 82.0 Å². The Morgan fingerprint density at radius 2 is 2.00 bits per heavy atom. The third-order valence-electron chi connectivity index (χ3n) is 8.70. The van der Waals surface area contributed by atoms with Crippen molar-refractivity contribution in [3.05, 3.63) is 29.6 Å². The summed E-state index contributed by atoms with van der Waals surface area (Å²) >= 11 is 0. The molecule has 3 atom stereocenters. The topological polar surface area (TPSA) is 104 Å². The number of fused-ring (bicyclic) bond motifs is 3. The molecule has 0 aromatic carbocycles. The van der Waals surface area contributed by atoms with Crippen LogP contribution in [0.4, 0.5) is 10.7 Å². The SMILES string of the molecule is COC[C@H](C)Nc1ncc2c(C3=C[C@@H]4CC[C@H](C3)N4C(=O)N3CCOCC3)cc([C@H]3CC[C@H](O)CC3)n2n1. The Labute approximate surface area is 224 Å². The molecule has 2 N–H and O–H groups in total. The summed E-state index contributed by atoms with van der Waals surface area (Å²) < 4.78 is 12.8. The molecule has 0 radical (unpaired) electrons. The van der Waals surface area contributed by atoms with Crippen LogP contribution in [0.3, 0.4) is 0 Å². The van der Waals surface area contributed by atoms with Gasteiger partial charge >= 0.3 is 6.03 Å². The van der Waals surface area contributed by atoms with E-state index in [4.69, 9.17) is 14.6 Å². The molecule has 1 saturated carbocycles. The van der Waals surface area contributed by atoms with Gasteiger partial charge in [-0.05, 0) is 63.5 Å². The molecule has 38 heavy (non-hydrogen) atoms. The lowest BCUT2D eigenvalue weighted by Crippen LogP contribution is -2.52. The number of anilines is 1. The van der Waals surface area contributed by atoms with Crippen molar-refractivity contribution in [1.29, 1.82) is 0 Å². The first-order valence-electron chi connectivity index (χ1n) is 14.2. The number of urea groups is 1. The van der Waals surface area contributed by atoms with Crippen LogP contribution in [-0.2, 0) is 9.47 Å². The number of morpholine rings is 1. The number of hydrogen-bond acceptors (Lipinski definition) is 7. The van der Waals surface area contributed by atoms with Gasteiger partial charge in [0.2, 0.25) is 5.95 Å². The van der Waals surface area contributed by atoms with E-state index in [2.05, 4.69) is 31.9 Å². The maximum absolute atomic E-state index is 13.4. The smallest absolute Gasteiger partial charge is 0.320 e. The molecule has 0 unspecified atom stereocenters. The van der Waals surface area contributed by atoms with Crippen LogP contribution in [0.25, 0.3) is 11.1 Å². The molecular formula is C28H40N6O4. The molecule has 1 aliphatic carbocycles. The lowest BCUT2D eigenvalue weighted by molar-refractivity contribution is 0.0398. The Bertz CT molecular complexity index is 1180. The molecular weight excluding hydrogens is 484 g/mol. The fraction of sp³-hybridized carbons (Fsp3) is 0.679. The monoisotopic (exact) mass is 524 g/mol. The number of aliphatic hydroxyl groups excluding tert-OH is 1. The molecule has 206 valence electrons. The number of aromatic nitrogens is 3. The van der Waals surface area contributed by atoms with E-state index in [-0.39, 0.29) is 30.3 Å². The van der Waals surface area contributed by atoms with Crippen molar-refractivity contribution in [1.82, 2.24) is 24.4 Å². The van der Waals surface area contributed by atoms with Crippen molar-refractivity contribution in [2.75, 3.05) is 45.3 Å². The molecule has 2 aromatic rings. The van der Waals surface area contributed by atoms with Crippen LogP contribution in [0.15, 0.2) is 18.3 Å². The van der Waals surface area contributed by atoms with Gasteiger partial charge in [-0.2, -0.15) is 0 Å². The molecule has 4 aliphatic rings. The van der Waals surface area contributed by atoms with E-state index in [1.807, 2.05) is 18.0 Å². The highest BCUT2D eigenvalue weighted by atomic mass is 16.5. The summed E-state index contributed by atoms with van der Waals surface area (Å²) in [7, 11) is 1.69. The van der Waals surface area contributed by atoms with Crippen molar-refractivity contribution in [3.63, 3.8) is 0 Å². The quantitative estimate of drug-likeness (QED) is 0.598. The normalized spacial score (nSPS) is 28.4.